The van der Waals surface area contributed by atoms with Crippen molar-refractivity contribution in [2.24, 2.45) is 0 Å². The predicted octanol–water partition coefficient (Wildman–Crippen LogP) is 2.62. The van der Waals surface area contributed by atoms with E-state index in [9.17, 15) is 5.11 Å². The molecule has 1 heterocycles. The van der Waals surface area contributed by atoms with Crippen LogP contribution in [0.25, 0.3) is 0 Å². The predicted molar refractivity (Wildman–Crippen MR) is 67.7 cm³/mol. The molecule has 90 valence electrons. The lowest BCUT2D eigenvalue weighted by atomic mass is 9.99. The number of rotatable bonds is 4. The lowest BCUT2D eigenvalue weighted by Crippen LogP contribution is -2.05. The molecule has 0 aliphatic rings. The molecule has 1 aromatic heterocycles. The fraction of sp³-hybridized carbons (Fsp3) is 0.357. The number of aromatic nitrogens is 2. The van der Waals surface area contributed by atoms with Crippen LogP contribution in [-0.2, 0) is 6.54 Å². The molecule has 1 unspecified atom stereocenters. The molecule has 2 aromatic rings. The molecule has 3 nitrogen and oxygen atoms in total. The van der Waals surface area contributed by atoms with Crippen molar-refractivity contribution in [1.29, 1.82) is 0 Å². The maximum absolute atomic E-state index is 10.2. The molecule has 2 rings (SSSR count). The molecule has 0 spiro atoms. The summed E-state index contributed by atoms with van der Waals surface area (Å²) in [5, 5.41) is 10.2. The molecule has 0 radical (unpaired) electrons. The highest BCUT2D eigenvalue weighted by atomic mass is 16.3. The number of aryl methyl sites for hydroxylation is 3. The van der Waals surface area contributed by atoms with E-state index < -0.39 is 6.10 Å². The largest absolute Gasteiger partial charge is 0.388 e. The molecule has 0 fully saturated rings. The highest BCUT2D eigenvalue weighted by molar-refractivity contribution is 5.31. The van der Waals surface area contributed by atoms with Gasteiger partial charge in [0.2, 0.25) is 0 Å². The third kappa shape index (κ3) is 2.94. The van der Waals surface area contributed by atoms with Gasteiger partial charge in [-0.3, -0.25) is 0 Å². The van der Waals surface area contributed by atoms with Crippen LogP contribution in [0.3, 0.4) is 0 Å². The van der Waals surface area contributed by atoms with Crippen LogP contribution >= 0.6 is 0 Å². The maximum Gasteiger partial charge on any atom is 0.0945 e. The standard InChI is InChI=1S/C14H18N2O/c1-11-3-4-13(12(2)9-11)14(17)5-7-16-8-6-15-10-16/h3-4,6,8-10,14,17H,5,7H2,1-2H3. The van der Waals surface area contributed by atoms with Crippen molar-refractivity contribution in [3.63, 3.8) is 0 Å². The van der Waals surface area contributed by atoms with Crippen molar-refractivity contribution in [3.8, 4) is 0 Å². The Morgan fingerprint density at radius 2 is 2.18 bits per heavy atom. The molecule has 1 atom stereocenters. The molecular formula is C14H18N2O. The topological polar surface area (TPSA) is 38.0 Å². The number of hydrogen-bond donors (Lipinski definition) is 1. The van der Waals surface area contributed by atoms with Crippen molar-refractivity contribution in [1.82, 2.24) is 9.55 Å². The van der Waals surface area contributed by atoms with E-state index in [0.29, 0.717) is 6.42 Å². The van der Waals surface area contributed by atoms with Crippen LogP contribution in [-0.4, -0.2) is 14.7 Å². The Balaban J connectivity index is 2.01. The number of aliphatic hydroxyl groups excluding tert-OH is 1. The quantitative estimate of drug-likeness (QED) is 0.876. The van der Waals surface area contributed by atoms with Gasteiger partial charge in [0.05, 0.1) is 12.4 Å². The van der Waals surface area contributed by atoms with Crippen LogP contribution in [0.1, 0.15) is 29.2 Å². The first kappa shape index (κ1) is 11.9. The summed E-state index contributed by atoms with van der Waals surface area (Å²) < 4.78 is 1.98. The first-order valence-corrected chi connectivity index (χ1v) is 5.88. The van der Waals surface area contributed by atoms with Crippen molar-refractivity contribution in [2.75, 3.05) is 0 Å². The Hall–Kier alpha value is -1.61. The van der Waals surface area contributed by atoms with Crippen molar-refractivity contribution < 1.29 is 5.11 Å². The second kappa shape index (κ2) is 5.15. The van der Waals surface area contributed by atoms with Gasteiger partial charge in [-0.15, -0.1) is 0 Å². The van der Waals surface area contributed by atoms with E-state index in [1.165, 1.54) is 5.56 Å². The second-order valence-corrected chi connectivity index (χ2v) is 4.47. The minimum absolute atomic E-state index is 0.405. The van der Waals surface area contributed by atoms with Crippen LogP contribution in [0.5, 0.6) is 0 Å². The van der Waals surface area contributed by atoms with Crippen LogP contribution in [0, 0.1) is 13.8 Å². The van der Waals surface area contributed by atoms with E-state index in [4.69, 9.17) is 0 Å². The number of nitrogens with zero attached hydrogens (tertiary/aromatic N) is 2. The molecule has 1 N–H and O–H groups in total. The van der Waals surface area contributed by atoms with E-state index in [1.54, 1.807) is 12.5 Å². The molecule has 0 aliphatic carbocycles. The summed E-state index contributed by atoms with van der Waals surface area (Å²) in [7, 11) is 0. The van der Waals surface area contributed by atoms with E-state index >= 15 is 0 Å². The maximum atomic E-state index is 10.2. The monoisotopic (exact) mass is 230 g/mol. The first-order chi connectivity index (χ1) is 8.16. The van der Waals surface area contributed by atoms with Gasteiger partial charge in [-0.25, -0.2) is 4.98 Å². The average molecular weight is 230 g/mol. The Labute approximate surface area is 102 Å². The summed E-state index contributed by atoms with van der Waals surface area (Å²) in [4.78, 5) is 3.98. The van der Waals surface area contributed by atoms with Crippen LogP contribution in [0.15, 0.2) is 36.9 Å². The minimum atomic E-state index is -0.405. The number of benzene rings is 1. The van der Waals surface area contributed by atoms with Gasteiger partial charge in [0.15, 0.2) is 0 Å². The van der Waals surface area contributed by atoms with Crippen LogP contribution in [0.4, 0.5) is 0 Å². The minimum Gasteiger partial charge on any atom is -0.388 e. The van der Waals surface area contributed by atoms with Gasteiger partial charge in [-0.05, 0) is 31.4 Å². The van der Waals surface area contributed by atoms with Crippen molar-refractivity contribution >= 4 is 0 Å². The SMILES string of the molecule is Cc1ccc(C(O)CCn2ccnc2)c(C)c1. The summed E-state index contributed by atoms with van der Waals surface area (Å²) in [6.45, 7) is 4.89. The summed E-state index contributed by atoms with van der Waals surface area (Å²) in [6, 6.07) is 6.17. The zero-order valence-electron chi connectivity index (χ0n) is 10.3. The van der Waals surface area contributed by atoms with E-state index in [1.807, 2.05) is 29.8 Å². The first-order valence-electron chi connectivity index (χ1n) is 5.88. The zero-order chi connectivity index (χ0) is 12.3. The lowest BCUT2D eigenvalue weighted by molar-refractivity contribution is 0.160. The third-order valence-electron chi connectivity index (χ3n) is 3.00. The molecule has 3 heteroatoms. The van der Waals surface area contributed by atoms with Gasteiger partial charge >= 0.3 is 0 Å². The van der Waals surface area contributed by atoms with Gasteiger partial charge in [-0.2, -0.15) is 0 Å². The molecule has 0 amide bonds. The zero-order valence-corrected chi connectivity index (χ0v) is 10.3. The van der Waals surface area contributed by atoms with Crippen LogP contribution in [0.2, 0.25) is 0 Å². The Kier molecular flexibility index (Phi) is 3.59. The smallest absolute Gasteiger partial charge is 0.0945 e. The van der Waals surface area contributed by atoms with Crippen molar-refractivity contribution in [2.45, 2.75) is 32.9 Å². The van der Waals surface area contributed by atoms with Crippen molar-refractivity contribution in [3.05, 3.63) is 53.6 Å². The molecule has 1 aromatic carbocycles. The van der Waals surface area contributed by atoms with E-state index in [2.05, 4.69) is 18.0 Å². The van der Waals surface area contributed by atoms with Gasteiger partial charge in [0.1, 0.15) is 0 Å². The normalized spacial score (nSPS) is 12.6. The fourth-order valence-corrected chi connectivity index (χ4v) is 2.05. The van der Waals surface area contributed by atoms with Gasteiger partial charge < -0.3 is 9.67 Å². The van der Waals surface area contributed by atoms with E-state index in [0.717, 1.165) is 17.7 Å². The Morgan fingerprint density at radius 3 is 2.82 bits per heavy atom. The number of aliphatic hydroxyl groups is 1. The molecular weight excluding hydrogens is 212 g/mol. The summed E-state index contributed by atoms with van der Waals surface area (Å²) in [6.07, 6.45) is 5.74. The van der Waals surface area contributed by atoms with Gasteiger partial charge in [0, 0.05) is 18.9 Å². The Morgan fingerprint density at radius 1 is 1.35 bits per heavy atom. The van der Waals surface area contributed by atoms with Gasteiger partial charge in [-0.1, -0.05) is 23.8 Å². The highest BCUT2D eigenvalue weighted by Gasteiger charge is 2.10. The second-order valence-electron chi connectivity index (χ2n) is 4.47. The van der Waals surface area contributed by atoms with Crippen LogP contribution < -0.4 is 0 Å². The fourth-order valence-electron chi connectivity index (χ4n) is 2.05. The molecule has 0 saturated heterocycles. The molecule has 0 aliphatic heterocycles. The lowest BCUT2D eigenvalue weighted by Gasteiger charge is -2.14. The van der Waals surface area contributed by atoms with Gasteiger partial charge in [0.25, 0.3) is 0 Å². The molecule has 17 heavy (non-hydrogen) atoms. The number of hydrogen-bond acceptors (Lipinski definition) is 2. The average Bonchev–Trinajstić information content (AvgIpc) is 2.78. The summed E-state index contributed by atoms with van der Waals surface area (Å²) >= 11 is 0. The molecule has 0 bridgehead atoms. The van der Waals surface area contributed by atoms with E-state index in [-0.39, 0.29) is 0 Å². The summed E-state index contributed by atoms with van der Waals surface area (Å²) in [5.41, 5.74) is 3.41. The Bertz CT molecular complexity index is 477. The number of imidazole rings is 1. The third-order valence-corrected chi connectivity index (χ3v) is 3.00. The highest BCUT2D eigenvalue weighted by Crippen LogP contribution is 2.22. The summed E-state index contributed by atoms with van der Waals surface area (Å²) in [5.74, 6) is 0. The molecule has 0 saturated carbocycles.